The van der Waals surface area contributed by atoms with Gasteiger partial charge >= 0.3 is 8.25 Å². The Kier molecular flexibility index (Phi) is 13.1. The van der Waals surface area contributed by atoms with Crippen LogP contribution in [0.2, 0.25) is 0 Å². The molecule has 0 atom stereocenters. The lowest BCUT2D eigenvalue weighted by Crippen LogP contribution is -1.92. The maximum atomic E-state index is 11.1. The van der Waals surface area contributed by atoms with E-state index in [9.17, 15) is 4.57 Å². The van der Waals surface area contributed by atoms with Crippen molar-refractivity contribution in [2.45, 2.75) is 25.7 Å². The average molecular weight is 352 g/mol. The Bertz CT molecular complexity index is 133. The molecule has 86 valence electrons. The second kappa shape index (κ2) is 12.2. The van der Waals surface area contributed by atoms with E-state index < -0.39 is 8.25 Å². The van der Waals surface area contributed by atoms with E-state index in [1.54, 1.807) is 0 Å². The maximum Gasteiger partial charge on any atom is 0.319 e. The second-order valence-corrected chi connectivity index (χ2v) is 5.40. The fourth-order valence-corrected chi connectivity index (χ4v) is 2.24. The lowest BCUT2D eigenvalue weighted by Gasteiger charge is -2.04. The van der Waals surface area contributed by atoms with E-state index in [0.717, 1.165) is 36.3 Å². The first-order chi connectivity index (χ1) is 6.81. The number of halogens is 2. The quantitative estimate of drug-likeness (QED) is 0.341. The molecule has 0 aromatic carbocycles. The van der Waals surface area contributed by atoms with E-state index in [2.05, 4.69) is 31.9 Å². The molecule has 0 heterocycles. The lowest BCUT2D eigenvalue weighted by atomic mass is 10.4. The molecule has 0 unspecified atom stereocenters. The predicted octanol–water partition coefficient (Wildman–Crippen LogP) is 3.76. The van der Waals surface area contributed by atoms with Gasteiger partial charge in [0, 0.05) is 10.7 Å². The fraction of sp³-hybridized carbons (Fsp3) is 1.00. The first-order valence-corrected chi connectivity index (χ1v) is 8.19. The maximum absolute atomic E-state index is 11.1. The van der Waals surface area contributed by atoms with Gasteiger partial charge < -0.3 is 9.05 Å². The summed E-state index contributed by atoms with van der Waals surface area (Å²) in [6.07, 6.45) is 3.93. The molecule has 0 amide bonds. The van der Waals surface area contributed by atoms with Crippen LogP contribution >= 0.6 is 40.1 Å². The third kappa shape index (κ3) is 11.2. The van der Waals surface area contributed by atoms with Gasteiger partial charge in [-0.25, -0.2) is 0 Å². The SMILES string of the molecule is O=[PH](OCCCCBr)OCCCCBr. The Hall–Kier alpha value is 1.11. The molecule has 0 saturated heterocycles. The molecule has 0 N–H and O–H groups in total. The van der Waals surface area contributed by atoms with Crippen molar-refractivity contribution in [3.63, 3.8) is 0 Å². The van der Waals surface area contributed by atoms with Gasteiger partial charge in [-0.1, -0.05) is 31.9 Å². The Morgan fingerprint density at radius 1 is 0.857 bits per heavy atom. The highest BCUT2D eigenvalue weighted by molar-refractivity contribution is 9.09. The van der Waals surface area contributed by atoms with E-state index >= 15 is 0 Å². The molecule has 0 radical (unpaired) electrons. The number of rotatable bonds is 10. The fourth-order valence-electron chi connectivity index (χ4n) is 0.746. The molecule has 0 saturated carbocycles. The largest absolute Gasteiger partial charge is 0.319 e. The van der Waals surface area contributed by atoms with Gasteiger partial charge in [0.15, 0.2) is 0 Å². The molecule has 0 aromatic rings. The highest BCUT2D eigenvalue weighted by atomic mass is 79.9. The van der Waals surface area contributed by atoms with Crippen LogP contribution in [0.4, 0.5) is 0 Å². The highest BCUT2D eigenvalue weighted by Crippen LogP contribution is 2.24. The van der Waals surface area contributed by atoms with E-state index in [1.165, 1.54) is 0 Å². The van der Waals surface area contributed by atoms with Crippen LogP contribution in [0.5, 0.6) is 0 Å². The van der Waals surface area contributed by atoms with Crippen LogP contribution in [0.25, 0.3) is 0 Å². The van der Waals surface area contributed by atoms with Crippen molar-refractivity contribution in [2.24, 2.45) is 0 Å². The minimum atomic E-state index is -2.23. The van der Waals surface area contributed by atoms with Gasteiger partial charge in [-0.2, -0.15) is 0 Å². The minimum absolute atomic E-state index is 0.530. The zero-order valence-electron chi connectivity index (χ0n) is 8.14. The van der Waals surface area contributed by atoms with Crippen LogP contribution in [0.1, 0.15) is 25.7 Å². The van der Waals surface area contributed by atoms with Gasteiger partial charge in [0.1, 0.15) is 0 Å². The first kappa shape index (κ1) is 15.1. The van der Waals surface area contributed by atoms with Crippen LogP contribution in [0.15, 0.2) is 0 Å². The number of hydrogen-bond acceptors (Lipinski definition) is 3. The molecule has 0 fully saturated rings. The summed E-state index contributed by atoms with van der Waals surface area (Å²) in [4.78, 5) is 0. The Morgan fingerprint density at radius 3 is 1.64 bits per heavy atom. The summed E-state index contributed by atoms with van der Waals surface area (Å²) in [5.41, 5.74) is 0. The van der Waals surface area contributed by atoms with Gasteiger partial charge in [0.05, 0.1) is 13.2 Å². The normalized spacial score (nSPS) is 11.1. The Morgan fingerprint density at radius 2 is 1.29 bits per heavy atom. The summed E-state index contributed by atoms with van der Waals surface area (Å²) in [5, 5.41) is 1.92. The number of unbranched alkanes of at least 4 members (excludes halogenated alkanes) is 2. The summed E-state index contributed by atoms with van der Waals surface area (Å²) < 4.78 is 21.1. The summed E-state index contributed by atoms with van der Waals surface area (Å²) >= 11 is 6.63. The van der Waals surface area contributed by atoms with Crippen molar-refractivity contribution in [2.75, 3.05) is 23.9 Å². The minimum Gasteiger partial charge on any atom is -0.311 e. The zero-order chi connectivity index (χ0) is 10.6. The van der Waals surface area contributed by atoms with Crippen molar-refractivity contribution < 1.29 is 13.6 Å². The molecule has 0 aliphatic rings. The van der Waals surface area contributed by atoms with Crippen LogP contribution in [-0.4, -0.2) is 23.9 Å². The predicted molar refractivity (Wildman–Crippen MR) is 67.0 cm³/mol. The third-order valence-electron chi connectivity index (χ3n) is 1.50. The van der Waals surface area contributed by atoms with E-state index in [-0.39, 0.29) is 0 Å². The lowest BCUT2D eigenvalue weighted by molar-refractivity contribution is 0.221. The molecule has 0 bridgehead atoms. The van der Waals surface area contributed by atoms with Crippen LogP contribution < -0.4 is 0 Å². The Labute approximate surface area is 103 Å². The van der Waals surface area contributed by atoms with Gasteiger partial charge in [-0.3, -0.25) is 4.57 Å². The molecule has 0 spiro atoms. The number of alkyl halides is 2. The van der Waals surface area contributed by atoms with Crippen LogP contribution in [0, 0.1) is 0 Å². The van der Waals surface area contributed by atoms with Crippen LogP contribution in [0.3, 0.4) is 0 Å². The molecule has 0 aliphatic heterocycles. The van der Waals surface area contributed by atoms with Gasteiger partial charge in [0.2, 0.25) is 0 Å². The van der Waals surface area contributed by atoms with Gasteiger partial charge in [-0.15, -0.1) is 0 Å². The van der Waals surface area contributed by atoms with Crippen molar-refractivity contribution in [3.8, 4) is 0 Å². The van der Waals surface area contributed by atoms with Gasteiger partial charge in [0.25, 0.3) is 0 Å². The van der Waals surface area contributed by atoms with Gasteiger partial charge in [-0.05, 0) is 25.7 Å². The molecule has 14 heavy (non-hydrogen) atoms. The van der Waals surface area contributed by atoms with Crippen molar-refractivity contribution >= 4 is 40.1 Å². The van der Waals surface area contributed by atoms with E-state index in [1.807, 2.05) is 0 Å². The molecule has 6 heteroatoms. The van der Waals surface area contributed by atoms with Crippen molar-refractivity contribution in [3.05, 3.63) is 0 Å². The summed E-state index contributed by atoms with van der Waals surface area (Å²) in [6.45, 7) is 1.06. The average Bonchev–Trinajstić information content (AvgIpc) is 2.19. The van der Waals surface area contributed by atoms with E-state index in [0.29, 0.717) is 13.2 Å². The van der Waals surface area contributed by atoms with Crippen molar-refractivity contribution in [1.82, 2.24) is 0 Å². The third-order valence-corrected chi connectivity index (χ3v) is 3.50. The number of hydrogen-bond donors (Lipinski definition) is 0. The highest BCUT2D eigenvalue weighted by Gasteiger charge is 1.98. The topological polar surface area (TPSA) is 35.5 Å². The molecule has 3 nitrogen and oxygen atoms in total. The molecule has 0 aromatic heterocycles. The summed E-state index contributed by atoms with van der Waals surface area (Å²) in [5.74, 6) is 0. The standard InChI is InChI=1S/C8H17Br2O3P/c9-5-1-3-7-12-14(11)13-8-4-2-6-10/h14H,1-8H2. The molecular weight excluding hydrogens is 335 g/mol. The zero-order valence-corrected chi connectivity index (χ0v) is 12.3. The summed E-state index contributed by atoms with van der Waals surface area (Å²) in [6, 6.07) is 0. The molecule has 0 rings (SSSR count). The van der Waals surface area contributed by atoms with E-state index in [4.69, 9.17) is 9.05 Å². The first-order valence-electron chi connectivity index (χ1n) is 4.72. The summed E-state index contributed by atoms with van der Waals surface area (Å²) in [7, 11) is -2.23. The van der Waals surface area contributed by atoms with Crippen LogP contribution in [-0.2, 0) is 13.6 Å². The molecular formula is C8H17Br2O3P. The Balaban J connectivity index is 3.11. The monoisotopic (exact) mass is 350 g/mol. The smallest absolute Gasteiger partial charge is 0.311 e. The van der Waals surface area contributed by atoms with Crippen molar-refractivity contribution in [1.29, 1.82) is 0 Å². The second-order valence-electron chi connectivity index (χ2n) is 2.74. The molecule has 0 aliphatic carbocycles.